The number of hydrogen-bond donors (Lipinski definition) is 2. The number of nitrogens with one attached hydrogen (secondary N) is 2. The zero-order chi connectivity index (χ0) is 21.2. The number of aromatic amines is 1. The van der Waals surface area contributed by atoms with Gasteiger partial charge in [-0.05, 0) is 54.6 Å². The van der Waals surface area contributed by atoms with Crippen molar-refractivity contribution in [1.29, 1.82) is 0 Å². The van der Waals surface area contributed by atoms with Crippen LogP contribution in [0.4, 0.5) is 5.69 Å². The minimum absolute atomic E-state index is 0.208. The van der Waals surface area contributed by atoms with Crippen molar-refractivity contribution in [3.8, 4) is 17.3 Å². The summed E-state index contributed by atoms with van der Waals surface area (Å²) in [5, 5.41) is 2.91. The number of amides is 1. The minimum atomic E-state index is -0.208. The number of carbonyl (C=O) groups is 1. The zero-order valence-electron chi connectivity index (χ0n) is 16.7. The third-order valence-corrected chi connectivity index (χ3v) is 4.90. The predicted molar refractivity (Wildman–Crippen MR) is 116 cm³/mol. The van der Waals surface area contributed by atoms with Gasteiger partial charge >= 0.3 is 0 Å². The molecule has 0 saturated heterocycles. The van der Waals surface area contributed by atoms with Gasteiger partial charge in [-0.15, -0.1) is 0 Å². The number of hydrogen-bond acceptors (Lipinski definition) is 5. The Balaban J connectivity index is 1.26. The first-order chi connectivity index (χ1) is 15.2. The highest BCUT2D eigenvalue weighted by molar-refractivity contribution is 6.05. The van der Waals surface area contributed by atoms with E-state index in [1.54, 1.807) is 36.7 Å². The maximum Gasteiger partial charge on any atom is 0.255 e. The van der Waals surface area contributed by atoms with Crippen molar-refractivity contribution in [3.05, 3.63) is 84.6 Å². The molecular formula is C23H19N5O3. The van der Waals surface area contributed by atoms with Crippen LogP contribution in [0.1, 0.15) is 16.2 Å². The van der Waals surface area contributed by atoms with Gasteiger partial charge in [-0.3, -0.25) is 4.79 Å². The molecule has 31 heavy (non-hydrogen) atoms. The van der Waals surface area contributed by atoms with Crippen molar-refractivity contribution in [2.75, 3.05) is 5.32 Å². The lowest BCUT2D eigenvalue weighted by Crippen LogP contribution is -2.11. The summed E-state index contributed by atoms with van der Waals surface area (Å²) < 4.78 is 13.0. The maximum absolute atomic E-state index is 12.6. The number of imidazole rings is 2. The number of aryl methyl sites for hydroxylation is 1. The minimum Gasteiger partial charge on any atom is -0.486 e. The highest BCUT2D eigenvalue weighted by Gasteiger charge is 2.11. The van der Waals surface area contributed by atoms with E-state index < -0.39 is 0 Å². The third-order valence-electron chi connectivity index (χ3n) is 4.90. The van der Waals surface area contributed by atoms with Crippen LogP contribution in [-0.2, 0) is 13.7 Å². The van der Waals surface area contributed by atoms with Crippen molar-refractivity contribution in [1.82, 2.24) is 19.5 Å². The molecule has 8 heteroatoms. The lowest BCUT2D eigenvalue weighted by Gasteiger charge is -2.08. The molecule has 0 saturated carbocycles. The van der Waals surface area contributed by atoms with Gasteiger partial charge in [0.2, 0.25) is 0 Å². The second kappa shape index (κ2) is 7.83. The average Bonchev–Trinajstić information content (AvgIpc) is 3.53. The molecule has 0 unspecified atom stereocenters. The second-order valence-electron chi connectivity index (χ2n) is 7.02. The predicted octanol–water partition coefficient (Wildman–Crippen LogP) is 4.39. The lowest BCUT2D eigenvalue weighted by molar-refractivity contribution is 0.102. The molecule has 2 N–H and O–H groups in total. The lowest BCUT2D eigenvalue weighted by atomic mass is 10.2. The Morgan fingerprint density at radius 1 is 1.19 bits per heavy atom. The molecule has 154 valence electrons. The standard InChI is InChI=1S/C23H19N5O3/c1-28-11-10-24-21(28)14-31-17-7-4-15(5-8-17)23(29)25-16-6-9-18-19(13-16)27-22(26-18)20-3-2-12-30-20/h2-13H,14H2,1H3,(H,25,29)(H,26,27). The number of ether oxygens (including phenoxy) is 1. The quantitative estimate of drug-likeness (QED) is 0.430. The average molecular weight is 413 g/mol. The van der Waals surface area contributed by atoms with Crippen LogP contribution in [0.15, 0.2) is 77.7 Å². The number of furan rings is 1. The summed E-state index contributed by atoms with van der Waals surface area (Å²) in [7, 11) is 1.91. The molecule has 3 aromatic heterocycles. The van der Waals surface area contributed by atoms with Gasteiger partial charge in [0.05, 0.1) is 17.3 Å². The Bertz CT molecular complexity index is 1330. The Morgan fingerprint density at radius 2 is 2.06 bits per heavy atom. The van der Waals surface area contributed by atoms with E-state index >= 15 is 0 Å². The molecule has 8 nitrogen and oxygen atoms in total. The number of benzene rings is 2. The van der Waals surface area contributed by atoms with Crippen LogP contribution in [0.3, 0.4) is 0 Å². The molecule has 0 aliphatic carbocycles. The van der Waals surface area contributed by atoms with Crippen molar-refractivity contribution in [3.63, 3.8) is 0 Å². The van der Waals surface area contributed by atoms with Gasteiger partial charge in [-0.2, -0.15) is 0 Å². The molecule has 0 aliphatic heterocycles. The van der Waals surface area contributed by atoms with E-state index in [4.69, 9.17) is 9.15 Å². The van der Waals surface area contributed by atoms with E-state index in [1.165, 1.54) is 0 Å². The molecule has 0 radical (unpaired) electrons. The smallest absolute Gasteiger partial charge is 0.255 e. The van der Waals surface area contributed by atoms with Crippen LogP contribution in [-0.4, -0.2) is 25.4 Å². The maximum atomic E-state index is 12.6. The van der Waals surface area contributed by atoms with E-state index in [1.807, 2.05) is 48.1 Å². The van der Waals surface area contributed by atoms with E-state index in [9.17, 15) is 4.79 Å². The fourth-order valence-corrected chi connectivity index (χ4v) is 3.21. The van der Waals surface area contributed by atoms with Gasteiger partial charge in [0.15, 0.2) is 11.6 Å². The first-order valence-corrected chi connectivity index (χ1v) is 9.70. The molecule has 2 aromatic carbocycles. The summed E-state index contributed by atoms with van der Waals surface area (Å²) in [5.41, 5.74) is 2.80. The molecule has 3 heterocycles. The fraction of sp³-hybridized carbons (Fsp3) is 0.0870. The summed E-state index contributed by atoms with van der Waals surface area (Å²) in [5.74, 6) is 2.59. The molecule has 1 amide bonds. The third kappa shape index (κ3) is 3.91. The Morgan fingerprint density at radius 3 is 2.81 bits per heavy atom. The van der Waals surface area contributed by atoms with Crippen LogP contribution in [0.2, 0.25) is 0 Å². The van der Waals surface area contributed by atoms with Crippen molar-refractivity contribution >= 4 is 22.6 Å². The molecule has 0 spiro atoms. The number of fused-ring (bicyclic) bond motifs is 1. The van der Waals surface area contributed by atoms with E-state index in [-0.39, 0.29) is 5.91 Å². The number of H-pyrrole nitrogens is 1. The second-order valence-corrected chi connectivity index (χ2v) is 7.02. The summed E-state index contributed by atoms with van der Waals surface area (Å²) >= 11 is 0. The van der Waals surface area contributed by atoms with Gasteiger partial charge in [0, 0.05) is 30.7 Å². The largest absolute Gasteiger partial charge is 0.486 e. The normalized spacial score (nSPS) is 11.0. The highest BCUT2D eigenvalue weighted by Crippen LogP contribution is 2.23. The van der Waals surface area contributed by atoms with Gasteiger partial charge in [0.25, 0.3) is 5.91 Å². The topological polar surface area (TPSA) is 98.0 Å². The molecule has 5 rings (SSSR count). The molecular weight excluding hydrogens is 394 g/mol. The number of rotatable bonds is 6. The molecule has 0 fully saturated rings. The summed E-state index contributed by atoms with van der Waals surface area (Å²) in [6.45, 7) is 0.360. The molecule has 0 atom stereocenters. The molecule has 0 aliphatic rings. The molecule has 0 bridgehead atoms. The monoisotopic (exact) mass is 413 g/mol. The summed E-state index contributed by atoms with van der Waals surface area (Å²) in [6, 6.07) is 16.2. The van der Waals surface area contributed by atoms with Crippen molar-refractivity contribution < 1.29 is 13.9 Å². The van der Waals surface area contributed by atoms with Gasteiger partial charge < -0.3 is 24.0 Å². The zero-order valence-corrected chi connectivity index (χ0v) is 16.7. The van der Waals surface area contributed by atoms with Gasteiger partial charge in [-0.25, -0.2) is 9.97 Å². The SMILES string of the molecule is Cn1ccnc1COc1ccc(C(=O)Nc2ccc3nc(-c4ccco4)[nH]c3c2)cc1. The Labute approximate surface area is 177 Å². The highest BCUT2D eigenvalue weighted by atomic mass is 16.5. The Kier molecular flexibility index (Phi) is 4.72. The first kappa shape index (κ1) is 18.7. The van der Waals surface area contributed by atoms with Crippen LogP contribution in [0, 0.1) is 0 Å². The Hall–Kier alpha value is -4.33. The summed E-state index contributed by atoms with van der Waals surface area (Å²) in [6.07, 6.45) is 5.19. The van der Waals surface area contributed by atoms with Crippen LogP contribution >= 0.6 is 0 Å². The van der Waals surface area contributed by atoms with E-state index in [0.29, 0.717) is 35.2 Å². The van der Waals surface area contributed by atoms with Crippen molar-refractivity contribution in [2.45, 2.75) is 6.61 Å². The van der Waals surface area contributed by atoms with Crippen LogP contribution in [0.5, 0.6) is 5.75 Å². The van der Waals surface area contributed by atoms with Crippen LogP contribution < -0.4 is 10.1 Å². The van der Waals surface area contributed by atoms with E-state index in [2.05, 4.69) is 20.3 Å². The summed E-state index contributed by atoms with van der Waals surface area (Å²) in [4.78, 5) is 24.6. The number of anilines is 1. The number of aromatic nitrogens is 4. The molecule has 5 aromatic rings. The van der Waals surface area contributed by atoms with Crippen molar-refractivity contribution in [2.24, 2.45) is 7.05 Å². The fourth-order valence-electron chi connectivity index (χ4n) is 3.21. The van der Waals surface area contributed by atoms with E-state index in [0.717, 1.165) is 16.9 Å². The first-order valence-electron chi connectivity index (χ1n) is 9.70. The van der Waals surface area contributed by atoms with Crippen LogP contribution in [0.25, 0.3) is 22.6 Å². The van der Waals surface area contributed by atoms with Gasteiger partial charge in [-0.1, -0.05) is 0 Å². The number of nitrogens with zero attached hydrogens (tertiary/aromatic N) is 3. The van der Waals surface area contributed by atoms with Gasteiger partial charge in [0.1, 0.15) is 18.2 Å². The number of carbonyl (C=O) groups excluding carboxylic acids is 1.